The van der Waals surface area contributed by atoms with Crippen LogP contribution in [0.4, 0.5) is 5.69 Å². The molecule has 9 heteroatoms. The van der Waals surface area contributed by atoms with Crippen molar-refractivity contribution in [3.05, 3.63) is 38.8 Å². The first kappa shape index (κ1) is 15.3. The molecule has 0 aliphatic carbocycles. The van der Waals surface area contributed by atoms with E-state index in [-0.39, 0.29) is 12.1 Å². The molecule has 20 heavy (non-hydrogen) atoms. The number of carboxylic acids is 1. The van der Waals surface area contributed by atoms with Crippen LogP contribution in [0, 0.1) is 10.1 Å². The average Bonchev–Trinajstić information content (AvgIpc) is 2.30. The van der Waals surface area contributed by atoms with Gasteiger partial charge < -0.3 is 10.4 Å². The molecule has 0 fully saturated rings. The number of rotatable bonds is 6. The van der Waals surface area contributed by atoms with Gasteiger partial charge in [-0.3, -0.25) is 29.1 Å². The van der Waals surface area contributed by atoms with Gasteiger partial charge in [-0.15, -0.1) is 0 Å². The topological polar surface area (TPSA) is 132 Å². The fourth-order valence-electron chi connectivity index (χ4n) is 1.54. The summed E-state index contributed by atoms with van der Waals surface area (Å²) in [5.74, 6) is -1.66. The van der Waals surface area contributed by atoms with Crippen LogP contribution in [-0.4, -0.2) is 32.5 Å². The number of carboxylic acid groups (broad SMARTS) is 1. The number of nitrogens with zero attached hydrogens (tertiary/aromatic N) is 2. The fraction of sp³-hybridized carbons (Fsp3) is 0.364. The normalized spacial score (nSPS) is 11.7. The highest BCUT2D eigenvalue weighted by Crippen LogP contribution is 2.06. The molecule has 2 N–H and O–H groups in total. The minimum absolute atomic E-state index is 0.254. The van der Waals surface area contributed by atoms with Gasteiger partial charge in [0.05, 0.1) is 17.5 Å². The molecule has 0 saturated carbocycles. The van der Waals surface area contributed by atoms with Crippen LogP contribution in [0.15, 0.2) is 23.1 Å². The minimum Gasteiger partial charge on any atom is -0.481 e. The Bertz CT molecular complexity index is 594. The second-order valence-electron chi connectivity index (χ2n) is 4.18. The Morgan fingerprint density at radius 3 is 2.70 bits per heavy atom. The summed E-state index contributed by atoms with van der Waals surface area (Å²) in [7, 11) is 0. The van der Waals surface area contributed by atoms with Crippen LogP contribution in [-0.2, 0) is 16.1 Å². The molecule has 1 heterocycles. The quantitative estimate of drug-likeness (QED) is 0.546. The number of amides is 1. The highest BCUT2D eigenvalue weighted by Gasteiger charge is 2.13. The summed E-state index contributed by atoms with van der Waals surface area (Å²) in [6.07, 6.45) is 0.708. The van der Waals surface area contributed by atoms with E-state index in [1.807, 2.05) is 0 Å². The molecule has 1 aromatic heterocycles. The van der Waals surface area contributed by atoms with E-state index in [2.05, 4.69) is 5.32 Å². The van der Waals surface area contributed by atoms with Crippen LogP contribution < -0.4 is 10.9 Å². The fourth-order valence-corrected chi connectivity index (χ4v) is 1.54. The molecule has 0 aliphatic heterocycles. The summed E-state index contributed by atoms with van der Waals surface area (Å²) in [6.45, 7) is 1.09. The van der Waals surface area contributed by atoms with E-state index in [4.69, 9.17) is 5.11 Å². The predicted molar refractivity (Wildman–Crippen MR) is 67.2 cm³/mol. The average molecular weight is 283 g/mol. The predicted octanol–water partition coefficient (Wildman–Crippen LogP) is -0.264. The highest BCUT2D eigenvalue weighted by molar-refractivity contribution is 5.77. The number of hydrogen-bond donors (Lipinski definition) is 2. The van der Waals surface area contributed by atoms with Crippen molar-refractivity contribution < 1.29 is 19.6 Å². The zero-order valence-electron chi connectivity index (χ0n) is 10.6. The molecule has 0 aromatic carbocycles. The monoisotopic (exact) mass is 283 g/mol. The number of nitrogens with one attached hydrogen (secondary N) is 1. The van der Waals surface area contributed by atoms with E-state index in [1.54, 1.807) is 0 Å². The summed E-state index contributed by atoms with van der Waals surface area (Å²) >= 11 is 0. The lowest BCUT2D eigenvalue weighted by atomic mass is 10.2. The van der Waals surface area contributed by atoms with E-state index in [0.717, 1.165) is 22.9 Å². The summed E-state index contributed by atoms with van der Waals surface area (Å²) in [5, 5.41) is 21.5. The molecular weight excluding hydrogens is 270 g/mol. The van der Waals surface area contributed by atoms with Crippen molar-refractivity contribution >= 4 is 17.6 Å². The standard InChI is InChI=1S/C11H13N3O6/c1-7(4-11(17)18)12-9(15)6-13-5-8(14(19)20)2-3-10(13)16/h2-3,5,7H,4,6H2,1H3,(H,12,15)(H,17,18). The molecule has 0 spiro atoms. The summed E-state index contributed by atoms with van der Waals surface area (Å²) in [6, 6.07) is 1.44. The van der Waals surface area contributed by atoms with Gasteiger partial charge in [0.1, 0.15) is 6.54 Å². The summed E-state index contributed by atoms with van der Waals surface area (Å²) < 4.78 is 0.890. The molecular formula is C11H13N3O6. The molecule has 0 saturated heterocycles. The maximum atomic E-state index is 11.6. The minimum atomic E-state index is -1.06. The van der Waals surface area contributed by atoms with Crippen molar-refractivity contribution in [2.24, 2.45) is 0 Å². The molecule has 0 bridgehead atoms. The van der Waals surface area contributed by atoms with Gasteiger partial charge in [-0.05, 0) is 6.92 Å². The third-order valence-corrected chi connectivity index (χ3v) is 2.38. The molecule has 1 amide bonds. The zero-order valence-corrected chi connectivity index (χ0v) is 10.6. The molecule has 0 aliphatic rings. The van der Waals surface area contributed by atoms with Gasteiger partial charge in [0.15, 0.2) is 0 Å². The lowest BCUT2D eigenvalue weighted by molar-refractivity contribution is -0.385. The Balaban J connectivity index is 2.75. The summed E-state index contributed by atoms with van der Waals surface area (Å²) in [5.41, 5.74) is -0.868. The SMILES string of the molecule is CC(CC(=O)O)NC(=O)Cn1cc([N+](=O)[O-])ccc1=O. The smallest absolute Gasteiger partial charge is 0.305 e. The van der Waals surface area contributed by atoms with E-state index in [0.29, 0.717) is 0 Å². The molecule has 1 unspecified atom stereocenters. The van der Waals surface area contributed by atoms with E-state index >= 15 is 0 Å². The van der Waals surface area contributed by atoms with Gasteiger partial charge in [-0.25, -0.2) is 0 Å². The Morgan fingerprint density at radius 1 is 1.50 bits per heavy atom. The van der Waals surface area contributed by atoms with Crippen molar-refractivity contribution in [3.8, 4) is 0 Å². The number of carbonyl (C=O) groups is 2. The van der Waals surface area contributed by atoms with Crippen molar-refractivity contribution in [2.45, 2.75) is 25.9 Å². The molecule has 0 radical (unpaired) electrons. The zero-order chi connectivity index (χ0) is 15.3. The van der Waals surface area contributed by atoms with Crippen molar-refractivity contribution in [2.75, 3.05) is 0 Å². The summed E-state index contributed by atoms with van der Waals surface area (Å²) in [4.78, 5) is 43.4. The first-order valence-corrected chi connectivity index (χ1v) is 5.65. The van der Waals surface area contributed by atoms with Gasteiger partial charge in [-0.1, -0.05) is 0 Å². The van der Waals surface area contributed by atoms with Crippen LogP contribution in [0.1, 0.15) is 13.3 Å². The second kappa shape index (κ2) is 6.45. The maximum Gasteiger partial charge on any atom is 0.305 e. The largest absolute Gasteiger partial charge is 0.481 e. The maximum absolute atomic E-state index is 11.6. The van der Waals surface area contributed by atoms with E-state index in [1.165, 1.54) is 6.92 Å². The Kier molecular flexibility index (Phi) is 4.95. The molecule has 1 atom stereocenters. The van der Waals surface area contributed by atoms with Crippen LogP contribution in [0.3, 0.4) is 0 Å². The first-order chi connectivity index (χ1) is 9.29. The van der Waals surface area contributed by atoms with E-state index < -0.39 is 34.9 Å². The van der Waals surface area contributed by atoms with Gasteiger partial charge in [-0.2, -0.15) is 0 Å². The Labute approximate surface area is 113 Å². The van der Waals surface area contributed by atoms with Crippen LogP contribution in [0.25, 0.3) is 0 Å². The molecule has 9 nitrogen and oxygen atoms in total. The third-order valence-electron chi connectivity index (χ3n) is 2.38. The number of carbonyl (C=O) groups excluding carboxylic acids is 1. The van der Waals surface area contributed by atoms with E-state index in [9.17, 15) is 24.5 Å². The number of aliphatic carboxylic acids is 1. The lowest BCUT2D eigenvalue weighted by Crippen LogP contribution is -2.38. The first-order valence-electron chi connectivity index (χ1n) is 5.65. The number of hydrogen-bond acceptors (Lipinski definition) is 5. The van der Waals surface area contributed by atoms with Gasteiger partial charge in [0, 0.05) is 18.2 Å². The molecule has 1 aromatic rings. The highest BCUT2D eigenvalue weighted by atomic mass is 16.6. The van der Waals surface area contributed by atoms with Crippen molar-refractivity contribution in [1.29, 1.82) is 0 Å². The van der Waals surface area contributed by atoms with Crippen molar-refractivity contribution in [3.63, 3.8) is 0 Å². The number of pyridine rings is 1. The van der Waals surface area contributed by atoms with Crippen LogP contribution in [0.2, 0.25) is 0 Å². The lowest BCUT2D eigenvalue weighted by Gasteiger charge is -2.12. The van der Waals surface area contributed by atoms with Gasteiger partial charge in [0.2, 0.25) is 5.91 Å². The Hall–Kier alpha value is -2.71. The Morgan fingerprint density at radius 2 is 2.15 bits per heavy atom. The molecule has 1 rings (SSSR count). The number of nitro groups is 1. The molecule has 108 valence electrons. The van der Waals surface area contributed by atoms with Gasteiger partial charge >= 0.3 is 5.97 Å². The van der Waals surface area contributed by atoms with Crippen LogP contribution in [0.5, 0.6) is 0 Å². The van der Waals surface area contributed by atoms with Crippen molar-refractivity contribution in [1.82, 2.24) is 9.88 Å². The second-order valence-corrected chi connectivity index (χ2v) is 4.18. The van der Waals surface area contributed by atoms with Gasteiger partial charge in [0.25, 0.3) is 11.2 Å². The third kappa shape index (κ3) is 4.52. The van der Waals surface area contributed by atoms with Crippen LogP contribution >= 0.6 is 0 Å². The number of aromatic nitrogens is 1.